The fourth-order valence-corrected chi connectivity index (χ4v) is 0.778. The standard InChI is InChI=1S/C8H8N2O3.Li.H/c11-7(5-8(12)13)10-6-1-3-9-4-2-6;;/h1-4H,5H2,(H,12,13)(H,9,10,11);;/q;+1;-1. The van der Waals surface area contributed by atoms with E-state index in [-0.39, 0.29) is 20.3 Å². The molecule has 0 fully saturated rings. The van der Waals surface area contributed by atoms with E-state index in [1.54, 1.807) is 12.1 Å². The van der Waals surface area contributed by atoms with Crippen LogP contribution in [0, 0.1) is 0 Å². The van der Waals surface area contributed by atoms with Gasteiger partial charge in [-0.2, -0.15) is 0 Å². The van der Waals surface area contributed by atoms with Gasteiger partial charge < -0.3 is 11.8 Å². The van der Waals surface area contributed by atoms with Crippen molar-refractivity contribution < 1.29 is 35.0 Å². The molecule has 1 aromatic heterocycles. The zero-order valence-electron chi connectivity index (χ0n) is 8.73. The van der Waals surface area contributed by atoms with Crippen LogP contribution in [0.15, 0.2) is 24.5 Å². The topological polar surface area (TPSA) is 79.3 Å². The van der Waals surface area contributed by atoms with E-state index in [1.807, 2.05) is 0 Å². The first-order valence-corrected chi connectivity index (χ1v) is 3.60. The van der Waals surface area contributed by atoms with E-state index in [4.69, 9.17) is 5.11 Å². The second-order valence-electron chi connectivity index (χ2n) is 2.35. The first-order valence-electron chi connectivity index (χ1n) is 3.60. The molecule has 0 saturated heterocycles. The van der Waals surface area contributed by atoms with E-state index in [0.717, 1.165) is 0 Å². The van der Waals surface area contributed by atoms with Crippen molar-refractivity contribution in [2.45, 2.75) is 6.42 Å². The monoisotopic (exact) mass is 188 g/mol. The Morgan fingerprint density at radius 3 is 2.50 bits per heavy atom. The molecule has 0 atom stereocenters. The molecule has 1 amide bonds. The number of nitrogens with one attached hydrogen (secondary N) is 1. The Morgan fingerprint density at radius 1 is 1.43 bits per heavy atom. The molecule has 1 rings (SSSR count). The molecular formula is C8H9LiN2O3. The van der Waals surface area contributed by atoms with Crippen LogP contribution in [0.25, 0.3) is 0 Å². The Labute approximate surface area is 94.2 Å². The fraction of sp³-hybridized carbons (Fsp3) is 0.125. The molecule has 2 N–H and O–H groups in total. The van der Waals surface area contributed by atoms with E-state index in [2.05, 4.69) is 10.3 Å². The van der Waals surface area contributed by atoms with Crippen LogP contribution in [0.3, 0.4) is 0 Å². The predicted octanol–water partition coefficient (Wildman–Crippen LogP) is -2.39. The smallest absolute Gasteiger partial charge is 1.00 e. The van der Waals surface area contributed by atoms with Crippen molar-refractivity contribution in [2.75, 3.05) is 5.32 Å². The van der Waals surface area contributed by atoms with Gasteiger partial charge in [-0.05, 0) is 12.1 Å². The van der Waals surface area contributed by atoms with Crippen molar-refractivity contribution in [1.29, 1.82) is 0 Å². The summed E-state index contributed by atoms with van der Waals surface area (Å²) in [7, 11) is 0. The molecule has 5 nitrogen and oxygen atoms in total. The molecule has 14 heavy (non-hydrogen) atoms. The summed E-state index contributed by atoms with van der Waals surface area (Å²) in [6.07, 6.45) is 2.50. The van der Waals surface area contributed by atoms with Gasteiger partial charge in [0.2, 0.25) is 5.91 Å². The van der Waals surface area contributed by atoms with Crippen molar-refractivity contribution in [2.24, 2.45) is 0 Å². The normalized spacial score (nSPS) is 8.57. The molecule has 0 radical (unpaired) electrons. The average Bonchev–Trinajstić information content (AvgIpc) is 2.04. The van der Waals surface area contributed by atoms with Crippen molar-refractivity contribution in [3.63, 3.8) is 0 Å². The Balaban J connectivity index is 0. The third-order valence-corrected chi connectivity index (χ3v) is 1.28. The van der Waals surface area contributed by atoms with Gasteiger partial charge in [0.15, 0.2) is 0 Å². The number of nitrogens with zero attached hydrogens (tertiary/aromatic N) is 1. The van der Waals surface area contributed by atoms with Gasteiger partial charge in [0.05, 0.1) is 0 Å². The average molecular weight is 188 g/mol. The van der Waals surface area contributed by atoms with Gasteiger partial charge in [-0.3, -0.25) is 14.6 Å². The van der Waals surface area contributed by atoms with Gasteiger partial charge in [0.25, 0.3) is 0 Å². The first-order chi connectivity index (χ1) is 6.18. The van der Waals surface area contributed by atoms with Crippen molar-refractivity contribution in [3.05, 3.63) is 24.5 Å². The van der Waals surface area contributed by atoms with Crippen LogP contribution in [0.1, 0.15) is 7.85 Å². The second kappa shape index (κ2) is 6.19. The number of carboxylic acids is 1. The Hall–Kier alpha value is -1.31. The van der Waals surface area contributed by atoms with Gasteiger partial charge >= 0.3 is 24.8 Å². The molecule has 0 spiro atoms. The van der Waals surface area contributed by atoms with Gasteiger partial charge in [-0.1, -0.05) is 0 Å². The molecule has 0 aliphatic heterocycles. The summed E-state index contributed by atoms with van der Waals surface area (Å²) in [4.78, 5) is 24.8. The van der Waals surface area contributed by atoms with Gasteiger partial charge in [0.1, 0.15) is 6.42 Å². The number of anilines is 1. The van der Waals surface area contributed by atoms with Crippen molar-refractivity contribution in [1.82, 2.24) is 4.98 Å². The third kappa shape index (κ3) is 4.65. The maximum absolute atomic E-state index is 10.9. The Kier molecular flexibility index (Phi) is 5.61. The third-order valence-electron chi connectivity index (χ3n) is 1.28. The number of carbonyl (C=O) groups excluding carboxylic acids is 1. The Bertz CT molecular complexity index is 321. The van der Waals surface area contributed by atoms with E-state index in [9.17, 15) is 9.59 Å². The number of carbonyl (C=O) groups is 2. The molecule has 0 unspecified atom stereocenters. The van der Waals surface area contributed by atoms with E-state index < -0.39 is 18.3 Å². The molecule has 6 heteroatoms. The number of carboxylic acid groups (broad SMARTS) is 1. The summed E-state index contributed by atoms with van der Waals surface area (Å²) in [5.41, 5.74) is 0.543. The van der Waals surface area contributed by atoms with Gasteiger partial charge in [-0.25, -0.2) is 0 Å². The predicted molar refractivity (Wildman–Crippen MR) is 46.2 cm³/mol. The summed E-state index contributed by atoms with van der Waals surface area (Å²) in [5.74, 6) is -1.69. The number of rotatable bonds is 3. The summed E-state index contributed by atoms with van der Waals surface area (Å²) >= 11 is 0. The molecule has 1 heterocycles. The Morgan fingerprint density at radius 2 is 2.00 bits per heavy atom. The molecule has 0 saturated carbocycles. The summed E-state index contributed by atoms with van der Waals surface area (Å²) in [6.45, 7) is 0. The summed E-state index contributed by atoms with van der Waals surface area (Å²) in [6, 6.07) is 3.17. The van der Waals surface area contributed by atoms with Crippen LogP contribution < -0.4 is 24.2 Å². The van der Waals surface area contributed by atoms with Crippen LogP contribution in [-0.2, 0) is 9.59 Å². The maximum Gasteiger partial charge on any atom is 1.00 e. The van der Waals surface area contributed by atoms with Crippen molar-refractivity contribution in [3.8, 4) is 0 Å². The van der Waals surface area contributed by atoms with E-state index in [0.29, 0.717) is 5.69 Å². The van der Waals surface area contributed by atoms with Crippen LogP contribution in [0.5, 0.6) is 0 Å². The van der Waals surface area contributed by atoms with Crippen LogP contribution in [-0.4, -0.2) is 22.0 Å². The van der Waals surface area contributed by atoms with E-state index >= 15 is 0 Å². The summed E-state index contributed by atoms with van der Waals surface area (Å²) < 4.78 is 0. The number of hydrogen-bond acceptors (Lipinski definition) is 3. The number of hydrogen-bond donors (Lipinski definition) is 2. The zero-order chi connectivity index (χ0) is 9.68. The molecule has 0 aliphatic carbocycles. The van der Waals surface area contributed by atoms with Crippen LogP contribution in [0.4, 0.5) is 5.69 Å². The maximum atomic E-state index is 10.9. The number of aromatic nitrogens is 1. The van der Waals surface area contributed by atoms with Gasteiger partial charge in [0, 0.05) is 18.1 Å². The van der Waals surface area contributed by atoms with Gasteiger partial charge in [-0.15, -0.1) is 0 Å². The zero-order valence-corrected chi connectivity index (χ0v) is 7.73. The van der Waals surface area contributed by atoms with Crippen LogP contribution in [0.2, 0.25) is 0 Å². The molecule has 0 bridgehead atoms. The second-order valence-corrected chi connectivity index (χ2v) is 2.35. The molecular weight excluding hydrogens is 179 g/mol. The quantitative estimate of drug-likeness (QED) is 0.410. The molecule has 70 valence electrons. The number of amides is 1. The summed E-state index contributed by atoms with van der Waals surface area (Å²) in [5, 5.41) is 10.7. The number of pyridine rings is 1. The molecule has 0 aliphatic rings. The largest absolute Gasteiger partial charge is 1.00 e. The molecule has 1 aromatic rings. The minimum absolute atomic E-state index is 0. The fourth-order valence-electron chi connectivity index (χ4n) is 0.778. The van der Waals surface area contributed by atoms with Crippen molar-refractivity contribution >= 4 is 17.6 Å². The first kappa shape index (κ1) is 12.7. The minimum Gasteiger partial charge on any atom is -1.00 e. The van der Waals surface area contributed by atoms with Crippen LogP contribution >= 0.6 is 0 Å². The van der Waals surface area contributed by atoms with E-state index in [1.165, 1.54) is 12.4 Å². The molecule has 0 aromatic carbocycles. The minimum atomic E-state index is -1.15. The SMILES string of the molecule is O=C(O)CC(=O)Nc1ccncc1.[H-].[Li+]. The number of aliphatic carboxylic acids is 1.